The predicted molar refractivity (Wildman–Crippen MR) is 86.3 cm³/mol. The standard InChI is InChI=1S/C18H17NO5/c1-11(20)13-6-7-15(17(9-13)21-3)23-10-14-12(2)24-18(19-14)16-5-4-8-22-16/h4-9H,10H2,1-3H3. The Bertz CT molecular complexity index is 848. The number of rotatable bonds is 6. The van der Waals surface area contributed by atoms with Crippen molar-refractivity contribution in [2.45, 2.75) is 20.5 Å². The number of nitrogens with zero attached hydrogens (tertiary/aromatic N) is 1. The maximum atomic E-state index is 11.4. The second-order valence-corrected chi connectivity index (χ2v) is 5.21. The van der Waals surface area contributed by atoms with Gasteiger partial charge in [0.15, 0.2) is 23.0 Å². The molecule has 0 N–H and O–H groups in total. The third kappa shape index (κ3) is 3.17. The molecule has 6 nitrogen and oxygen atoms in total. The molecular weight excluding hydrogens is 310 g/mol. The molecule has 6 heteroatoms. The van der Waals surface area contributed by atoms with Gasteiger partial charge >= 0.3 is 0 Å². The number of ether oxygens (including phenoxy) is 2. The van der Waals surface area contributed by atoms with Crippen molar-refractivity contribution in [1.29, 1.82) is 0 Å². The third-order valence-corrected chi connectivity index (χ3v) is 3.56. The number of hydrogen-bond acceptors (Lipinski definition) is 6. The quantitative estimate of drug-likeness (QED) is 0.636. The van der Waals surface area contributed by atoms with Gasteiger partial charge in [-0.3, -0.25) is 4.79 Å². The highest BCUT2D eigenvalue weighted by Gasteiger charge is 2.15. The molecule has 0 amide bonds. The highest BCUT2D eigenvalue weighted by atomic mass is 16.5. The Hall–Kier alpha value is -3.02. The zero-order chi connectivity index (χ0) is 17.1. The van der Waals surface area contributed by atoms with E-state index in [-0.39, 0.29) is 12.4 Å². The smallest absolute Gasteiger partial charge is 0.263 e. The molecule has 0 atom stereocenters. The SMILES string of the molecule is COc1cc(C(C)=O)ccc1OCc1nc(-c2ccco2)oc1C. The molecule has 124 valence electrons. The van der Waals surface area contributed by atoms with E-state index < -0.39 is 0 Å². The topological polar surface area (TPSA) is 74.7 Å². The van der Waals surface area contributed by atoms with E-state index in [1.165, 1.54) is 14.0 Å². The van der Waals surface area contributed by atoms with E-state index in [1.54, 1.807) is 36.6 Å². The van der Waals surface area contributed by atoms with Crippen LogP contribution < -0.4 is 9.47 Å². The lowest BCUT2D eigenvalue weighted by Crippen LogP contribution is -2.01. The summed E-state index contributed by atoms with van der Waals surface area (Å²) in [6.07, 6.45) is 1.56. The average Bonchev–Trinajstić information content (AvgIpc) is 3.22. The number of aryl methyl sites for hydroxylation is 1. The number of Topliss-reactive ketones (excluding diaryl/α,β-unsaturated/α-hetero) is 1. The molecule has 2 aromatic heterocycles. The normalized spacial score (nSPS) is 10.6. The van der Waals surface area contributed by atoms with E-state index in [0.717, 1.165) is 0 Å². The lowest BCUT2D eigenvalue weighted by atomic mass is 10.1. The minimum absolute atomic E-state index is 0.0321. The molecule has 3 rings (SSSR count). The van der Waals surface area contributed by atoms with Gasteiger partial charge < -0.3 is 18.3 Å². The van der Waals surface area contributed by atoms with Gasteiger partial charge in [0.25, 0.3) is 5.89 Å². The lowest BCUT2D eigenvalue weighted by Gasteiger charge is -2.10. The summed E-state index contributed by atoms with van der Waals surface area (Å²) in [7, 11) is 1.53. The molecule has 0 radical (unpaired) electrons. The Labute approximate surface area is 139 Å². The van der Waals surface area contributed by atoms with Crippen LogP contribution >= 0.6 is 0 Å². The summed E-state index contributed by atoms with van der Waals surface area (Å²) in [6.45, 7) is 3.53. The van der Waals surface area contributed by atoms with Gasteiger partial charge in [-0.15, -0.1) is 0 Å². The highest BCUT2D eigenvalue weighted by Crippen LogP contribution is 2.30. The van der Waals surface area contributed by atoms with Crippen LogP contribution in [-0.2, 0) is 6.61 Å². The van der Waals surface area contributed by atoms with Gasteiger partial charge in [0.2, 0.25) is 0 Å². The molecule has 0 unspecified atom stereocenters. The van der Waals surface area contributed by atoms with E-state index >= 15 is 0 Å². The molecule has 0 saturated carbocycles. The van der Waals surface area contributed by atoms with Crippen LogP contribution in [0.5, 0.6) is 11.5 Å². The van der Waals surface area contributed by atoms with Crippen LogP contribution in [0.25, 0.3) is 11.7 Å². The number of methoxy groups -OCH3 is 1. The number of carbonyl (C=O) groups is 1. The summed E-state index contributed by atoms with van der Waals surface area (Å²) >= 11 is 0. The van der Waals surface area contributed by atoms with Gasteiger partial charge in [0, 0.05) is 5.56 Å². The van der Waals surface area contributed by atoms with E-state index in [4.69, 9.17) is 18.3 Å². The minimum Gasteiger partial charge on any atom is -0.493 e. The number of aromatic nitrogens is 1. The number of hydrogen-bond donors (Lipinski definition) is 0. The van der Waals surface area contributed by atoms with Gasteiger partial charge in [-0.2, -0.15) is 0 Å². The molecule has 0 fully saturated rings. The fourth-order valence-electron chi connectivity index (χ4n) is 2.22. The number of ketones is 1. The largest absolute Gasteiger partial charge is 0.493 e. The average molecular weight is 327 g/mol. The zero-order valence-electron chi connectivity index (χ0n) is 13.7. The Balaban J connectivity index is 1.77. The molecule has 3 aromatic rings. The highest BCUT2D eigenvalue weighted by molar-refractivity contribution is 5.94. The Kier molecular flexibility index (Phi) is 4.37. The lowest BCUT2D eigenvalue weighted by molar-refractivity contribution is 0.101. The monoisotopic (exact) mass is 327 g/mol. The first-order chi connectivity index (χ1) is 11.6. The summed E-state index contributed by atoms with van der Waals surface area (Å²) in [5.74, 6) is 2.62. The van der Waals surface area contributed by atoms with Gasteiger partial charge in [-0.1, -0.05) is 0 Å². The third-order valence-electron chi connectivity index (χ3n) is 3.56. The van der Waals surface area contributed by atoms with Crippen LogP contribution in [-0.4, -0.2) is 17.9 Å². The van der Waals surface area contributed by atoms with Crippen molar-refractivity contribution in [1.82, 2.24) is 4.98 Å². The first kappa shape index (κ1) is 15.9. The van der Waals surface area contributed by atoms with Gasteiger partial charge in [0.1, 0.15) is 18.1 Å². The van der Waals surface area contributed by atoms with Crippen molar-refractivity contribution in [2.24, 2.45) is 0 Å². The minimum atomic E-state index is -0.0321. The predicted octanol–water partition coefficient (Wildman–Crippen LogP) is 4.03. The Morgan fingerprint density at radius 3 is 2.75 bits per heavy atom. The number of benzene rings is 1. The zero-order valence-corrected chi connectivity index (χ0v) is 13.7. The van der Waals surface area contributed by atoms with Crippen molar-refractivity contribution in [2.75, 3.05) is 7.11 Å². The van der Waals surface area contributed by atoms with Crippen LogP contribution in [0.3, 0.4) is 0 Å². The Morgan fingerprint density at radius 1 is 1.25 bits per heavy atom. The molecule has 0 spiro atoms. The van der Waals surface area contributed by atoms with E-state index in [2.05, 4.69) is 4.98 Å². The summed E-state index contributed by atoms with van der Waals surface area (Å²) in [5, 5.41) is 0. The molecular formula is C18H17NO5. The molecule has 0 aliphatic heterocycles. The first-order valence-corrected chi connectivity index (χ1v) is 7.40. The Morgan fingerprint density at radius 2 is 2.08 bits per heavy atom. The van der Waals surface area contributed by atoms with E-state index in [9.17, 15) is 4.79 Å². The summed E-state index contributed by atoms with van der Waals surface area (Å²) < 4.78 is 21.9. The van der Waals surface area contributed by atoms with Gasteiger partial charge in [-0.25, -0.2) is 4.98 Å². The van der Waals surface area contributed by atoms with E-state index in [0.29, 0.717) is 40.2 Å². The maximum absolute atomic E-state index is 11.4. The molecule has 24 heavy (non-hydrogen) atoms. The number of oxazole rings is 1. The molecule has 1 aromatic carbocycles. The van der Waals surface area contributed by atoms with Crippen LogP contribution in [0.15, 0.2) is 45.4 Å². The summed E-state index contributed by atoms with van der Waals surface area (Å²) in [4.78, 5) is 15.8. The van der Waals surface area contributed by atoms with Crippen LogP contribution in [0, 0.1) is 6.92 Å². The summed E-state index contributed by atoms with van der Waals surface area (Å²) in [5.41, 5.74) is 1.23. The molecule has 0 saturated heterocycles. The second kappa shape index (κ2) is 6.62. The fourth-order valence-corrected chi connectivity index (χ4v) is 2.22. The molecule has 0 aliphatic carbocycles. The number of furan rings is 1. The fraction of sp³-hybridized carbons (Fsp3) is 0.222. The van der Waals surface area contributed by atoms with Crippen LogP contribution in [0.1, 0.15) is 28.7 Å². The summed E-state index contributed by atoms with van der Waals surface area (Å²) in [6, 6.07) is 8.61. The van der Waals surface area contributed by atoms with Crippen LogP contribution in [0.4, 0.5) is 0 Å². The van der Waals surface area contributed by atoms with E-state index in [1.807, 2.05) is 6.92 Å². The van der Waals surface area contributed by atoms with Crippen molar-refractivity contribution in [3.8, 4) is 23.1 Å². The van der Waals surface area contributed by atoms with Crippen molar-refractivity contribution < 1.29 is 23.1 Å². The molecule has 2 heterocycles. The van der Waals surface area contributed by atoms with Crippen molar-refractivity contribution in [3.63, 3.8) is 0 Å². The van der Waals surface area contributed by atoms with Gasteiger partial charge in [0.05, 0.1) is 13.4 Å². The molecule has 0 aliphatic rings. The van der Waals surface area contributed by atoms with Crippen molar-refractivity contribution >= 4 is 5.78 Å². The number of carbonyl (C=O) groups excluding carboxylic acids is 1. The first-order valence-electron chi connectivity index (χ1n) is 7.40. The molecule has 0 bridgehead atoms. The van der Waals surface area contributed by atoms with Crippen molar-refractivity contribution in [3.05, 3.63) is 53.6 Å². The van der Waals surface area contributed by atoms with Crippen LogP contribution in [0.2, 0.25) is 0 Å². The second-order valence-electron chi connectivity index (χ2n) is 5.21. The van der Waals surface area contributed by atoms with Gasteiger partial charge in [-0.05, 0) is 44.2 Å². The maximum Gasteiger partial charge on any atom is 0.263 e.